The van der Waals surface area contributed by atoms with E-state index >= 15 is 0 Å². The van der Waals surface area contributed by atoms with E-state index in [1.807, 2.05) is 6.92 Å². The Morgan fingerprint density at radius 2 is 1.11 bits per heavy atom. The van der Waals surface area contributed by atoms with Crippen LogP contribution in [0, 0.1) is 6.92 Å². The largest absolute Gasteiger partial charge is 0.322 e. The summed E-state index contributed by atoms with van der Waals surface area (Å²) >= 11 is 0. The van der Waals surface area contributed by atoms with E-state index in [-0.39, 0.29) is 21.0 Å². The van der Waals surface area contributed by atoms with E-state index in [1.165, 1.54) is 48.5 Å². The molecular formula is C26H23N3O5S2. The highest BCUT2D eigenvalue weighted by Gasteiger charge is 2.19. The Morgan fingerprint density at radius 1 is 0.583 bits per heavy atom. The molecule has 0 aliphatic heterocycles. The Labute approximate surface area is 210 Å². The van der Waals surface area contributed by atoms with Crippen LogP contribution < -0.4 is 14.8 Å². The van der Waals surface area contributed by atoms with E-state index in [9.17, 15) is 21.6 Å². The van der Waals surface area contributed by atoms with Crippen molar-refractivity contribution < 1.29 is 21.6 Å². The first-order valence-electron chi connectivity index (χ1n) is 10.8. The summed E-state index contributed by atoms with van der Waals surface area (Å²) in [5, 5.41) is 2.67. The third-order valence-electron chi connectivity index (χ3n) is 5.20. The molecule has 0 bridgehead atoms. The minimum absolute atomic E-state index is 0.0251. The van der Waals surface area contributed by atoms with Gasteiger partial charge >= 0.3 is 0 Å². The van der Waals surface area contributed by atoms with Gasteiger partial charge in [-0.15, -0.1) is 0 Å². The fourth-order valence-electron chi connectivity index (χ4n) is 3.32. The van der Waals surface area contributed by atoms with Gasteiger partial charge < -0.3 is 5.32 Å². The average Bonchev–Trinajstić information content (AvgIpc) is 2.86. The first-order chi connectivity index (χ1) is 17.1. The van der Waals surface area contributed by atoms with Gasteiger partial charge in [-0.05, 0) is 67.6 Å². The summed E-state index contributed by atoms with van der Waals surface area (Å²) in [5.74, 6) is -0.560. The Balaban J connectivity index is 1.49. The van der Waals surface area contributed by atoms with Crippen molar-refractivity contribution >= 4 is 43.0 Å². The van der Waals surface area contributed by atoms with Crippen LogP contribution in [0.25, 0.3) is 0 Å². The monoisotopic (exact) mass is 521 g/mol. The Morgan fingerprint density at radius 3 is 1.78 bits per heavy atom. The van der Waals surface area contributed by atoms with Crippen LogP contribution in [0.2, 0.25) is 0 Å². The molecule has 0 atom stereocenters. The molecule has 0 heterocycles. The summed E-state index contributed by atoms with van der Waals surface area (Å²) in [6.07, 6.45) is 0. The molecule has 0 unspecified atom stereocenters. The third kappa shape index (κ3) is 5.91. The number of aryl methyl sites for hydroxylation is 1. The van der Waals surface area contributed by atoms with Crippen molar-refractivity contribution in [3.8, 4) is 0 Å². The molecule has 184 valence electrons. The second-order valence-electron chi connectivity index (χ2n) is 7.91. The van der Waals surface area contributed by atoms with Crippen molar-refractivity contribution in [2.75, 3.05) is 14.8 Å². The molecule has 8 nitrogen and oxygen atoms in total. The minimum atomic E-state index is -3.90. The third-order valence-corrected chi connectivity index (χ3v) is 7.97. The molecule has 0 saturated carbocycles. The number of nitrogens with one attached hydrogen (secondary N) is 3. The standard InChI is InChI=1S/C26H23N3O5S2/c1-19-11-13-21(14-12-19)28-35(31,32)23-17-15-20(16-18-23)27-26(30)24-9-5-6-10-25(24)29-36(33,34)22-7-3-2-4-8-22/h2-18,28-29H,1H3,(H,27,30). The van der Waals surface area contributed by atoms with Crippen LogP contribution in [0.3, 0.4) is 0 Å². The Hall–Kier alpha value is -4.15. The lowest BCUT2D eigenvalue weighted by Gasteiger charge is -2.13. The van der Waals surface area contributed by atoms with Crippen molar-refractivity contribution in [1.82, 2.24) is 0 Å². The van der Waals surface area contributed by atoms with Crippen molar-refractivity contribution in [3.05, 3.63) is 114 Å². The van der Waals surface area contributed by atoms with Gasteiger partial charge in [0.25, 0.3) is 26.0 Å². The first-order valence-corrected chi connectivity index (χ1v) is 13.8. The molecule has 4 aromatic rings. The zero-order valence-electron chi connectivity index (χ0n) is 19.2. The number of hydrogen-bond donors (Lipinski definition) is 3. The molecule has 0 aromatic heterocycles. The van der Waals surface area contributed by atoms with Crippen molar-refractivity contribution in [3.63, 3.8) is 0 Å². The molecule has 36 heavy (non-hydrogen) atoms. The summed E-state index contributed by atoms with van der Waals surface area (Å²) in [5.41, 5.74) is 2.00. The lowest BCUT2D eigenvalue weighted by molar-refractivity contribution is 0.102. The van der Waals surface area contributed by atoms with Crippen LogP contribution in [0.15, 0.2) is 113 Å². The van der Waals surface area contributed by atoms with Crippen LogP contribution in [-0.4, -0.2) is 22.7 Å². The van der Waals surface area contributed by atoms with Crippen LogP contribution in [-0.2, 0) is 20.0 Å². The molecule has 0 fully saturated rings. The minimum Gasteiger partial charge on any atom is -0.322 e. The molecule has 4 rings (SSSR count). The van der Waals surface area contributed by atoms with Gasteiger partial charge in [0.2, 0.25) is 0 Å². The number of carbonyl (C=O) groups is 1. The maximum absolute atomic E-state index is 12.9. The zero-order chi connectivity index (χ0) is 25.8. The molecular weight excluding hydrogens is 498 g/mol. The number of amides is 1. The molecule has 0 aliphatic carbocycles. The van der Waals surface area contributed by atoms with E-state index in [1.54, 1.807) is 54.6 Å². The molecule has 0 aliphatic rings. The molecule has 0 saturated heterocycles. The van der Waals surface area contributed by atoms with Crippen molar-refractivity contribution in [1.29, 1.82) is 0 Å². The molecule has 0 radical (unpaired) electrons. The highest BCUT2D eigenvalue weighted by atomic mass is 32.2. The van der Waals surface area contributed by atoms with E-state index < -0.39 is 26.0 Å². The summed E-state index contributed by atoms with van der Waals surface area (Å²) in [6.45, 7) is 1.90. The fraction of sp³-hybridized carbons (Fsp3) is 0.0385. The number of para-hydroxylation sites is 1. The molecule has 0 spiro atoms. The number of sulfonamides is 2. The molecule has 3 N–H and O–H groups in total. The number of rotatable bonds is 8. The van der Waals surface area contributed by atoms with E-state index in [4.69, 9.17) is 0 Å². The van der Waals surface area contributed by atoms with Crippen LogP contribution >= 0.6 is 0 Å². The van der Waals surface area contributed by atoms with E-state index in [0.717, 1.165) is 5.56 Å². The number of anilines is 3. The van der Waals surface area contributed by atoms with E-state index in [2.05, 4.69) is 14.8 Å². The summed E-state index contributed by atoms with van der Waals surface area (Å²) in [6, 6.07) is 26.6. The predicted molar refractivity (Wildman–Crippen MR) is 140 cm³/mol. The number of benzene rings is 4. The average molecular weight is 522 g/mol. The maximum atomic E-state index is 12.9. The van der Waals surface area contributed by atoms with Gasteiger partial charge in [0.15, 0.2) is 0 Å². The molecule has 10 heteroatoms. The Kier molecular flexibility index (Phi) is 7.09. The smallest absolute Gasteiger partial charge is 0.261 e. The van der Waals surface area contributed by atoms with Gasteiger partial charge in [-0.2, -0.15) is 0 Å². The Bertz CT molecular complexity index is 1590. The van der Waals surface area contributed by atoms with Gasteiger partial charge in [0, 0.05) is 11.4 Å². The number of carbonyl (C=O) groups excluding carboxylic acids is 1. The van der Waals surface area contributed by atoms with Gasteiger partial charge in [-0.25, -0.2) is 16.8 Å². The van der Waals surface area contributed by atoms with Gasteiger partial charge in [0.1, 0.15) is 0 Å². The van der Waals surface area contributed by atoms with Gasteiger partial charge in [-0.3, -0.25) is 14.2 Å². The SMILES string of the molecule is Cc1ccc(NS(=O)(=O)c2ccc(NC(=O)c3ccccc3NS(=O)(=O)c3ccccc3)cc2)cc1. The molecule has 4 aromatic carbocycles. The number of hydrogen-bond acceptors (Lipinski definition) is 5. The predicted octanol–water partition coefficient (Wildman–Crippen LogP) is 4.85. The zero-order valence-corrected chi connectivity index (χ0v) is 20.8. The van der Waals surface area contributed by atoms with Crippen LogP contribution in [0.1, 0.15) is 15.9 Å². The summed E-state index contributed by atoms with van der Waals surface area (Å²) in [7, 11) is -7.71. The topological polar surface area (TPSA) is 121 Å². The molecule has 1 amide bonds. The first kappa shape index (κ1) is 25.0. The maximum Gasteiger partial charge on any atom is 0.261 e. The highest BCUT2D eigenvalue weighted by Crippen LogP contribution is 2.23. The van der Waals surface area contributed by atoms with Crippen molar-refractivity contribution in [2.24, 2.45) is 0 Å². The summed E-state index contributed by atoms with van der Waals surface area (Å²) < 4.78 is 55.7. The second kappa shape index (κ2) is 10.2. The lowest BCUT2D eigenvalue weighted by Crippen LogP contribution is -2.18. The summed E-state index contributed by atoms with van der Waals surface area (Å²) in [4.78, 5) is 13.0. The van der Waals surface area contributed by atoms with Gasteiger partial charge in [-0.1, -0.05) is 48.0 Å². The highest BCUT2D eigenvalue weighted by molar-refractivity contribution is 7.93. The fourth-order valence-corrected chi connectivity index (χ4v) is 5.48. The normalized spacial score (nSPS) is 11.5. The van der Waals surface area contributed by atoms with Crippen molar-refractivity contribution in [2.45, 2.75) is 16.7 Å². The van der Waals surface area contributed by atoms with E-state index in [0.29, 0.717) is 11.4 Å². The lowest BCUT2D eigenvalue weighted by atomic mass is 10.1. The quantitative estimate of drug-likeness (QED) is 0.306. The van der Waals surface area contributed by atoms with Crippen LogP contribution in [0.4, 0.5) is 17.1 Å². The van der Waals surface area contributed by atoms with Gasteiger partial charge in [0.05, 0.1) is 21.0 Å². The van der Waals surface area contributed by atoms with Crippen LogP contribution in [0.5, 0.6) is 0 Å². The second-order valence-corrected chi connectivity index (χ2v) is 11.3.